The van der Waals surface area contributed by atoms with Crippen molar-refractivity contribution in [1.82, 2.24) is 4.90 Å². The third kappa shape index (κ3) is 3.32. The lowest BCUT2D eigenvalue weighted by atomic mass is 10.0. The Morgan fingerprint density at radius 2 is 1.75 bits per heavy atom. The number of carbonyl (C=O) groups is 2. The summed E-state index contributed by atoms with van der Waals surface area (Å²) >= 11 is 0. The molecule has 1 unspecified atom stereocenters. The maximum Gasteiger partial charge on any atom is 0.255 e. The number of hydrogen-bond acceptors (Lipinski definition) is 2. The van der Waals surface area contributed by atoms with Gasteiger partial charge in [0.15, 0.2) is 0 Å². The predicted octanol–water partition coefficient (Wildman–Crippen LogP) is 3.70. The number of fused-ring (bicyclic) bond motifs is 1. The van der Waals surface area contributed by atoms with Gasteiger partial charge < -0.3 is 10.2 Å². The van der Waals surface area contributed by atoms with Crippen molar-refractivity contribution in [3.63, 3.8) is 0 Å². The Labute approximate surface area is 142 Å². The van der Waals surface area contributed by atoms with E-state index in [9.17, 15) is 9.59 Å². The van der Waals surface area contributed by atoms with Crippen molar-refractivity contribution in [3.05, 3.63) is 65.7 Å². The summed E-state index contributed by atoms with van der Waals surface area (Å²) < 4.78 is 0. The highest BCUT2D eigenvalue weighted by molar-refractivity contribution is 6.03. The van der Waals surface area contributed by atoms with Crippen LogP contribution in [0.3, 0.4) is 0 Å². The molecule has 0 saturated carbocycles. The standard InChI is InChI=1S/C20H22N2O2/c1-14(2)12-18(19(23)21-16-9-4-3-5-10-16)22-13-15-8-6-7-11-17(15)20(22)24/h3-11,14,18H,12-13H2,1-2H3,(H,21,23). The van der Waals surface area contributed by atoms with Gasteiger partial charge in [-0.3, -0.25) is 9.59 Å². The molecule has 124 valence electrons. The van der Waals surface area contributed by atoms with Crippen molar-refractivity contribution in [2.75, 3.05) is 5.32 Å². The monoisotopic (exact) mass is 322 g/mol. The number of anilines is 1. The van der Waals surface area contributed by atoms with Crippen LogP contribution in [0.25, 0.3) is 0 Å². The molecule has 24 heavy (non-hydrogen) atoms. The van der Waals surface area contributed by atoms with Gasteiger partial charge in [-0.25, -0.2) is 0 Å². The summed E-state index contributed by atoms with van der Waals surface area (Å²) in [6, 6.07) is 16.5. The Morgan fingerprint density at radius 1 is 1.08 bits per heavy atom. The van der Waals surface area contributed by atoms with Crippen molar-refractivity contribution in [3.8, 4) is 0 Å². The second-order valence-corrected chi connectivity index (χ2v) is 6.59. The lowest BCUT2D eigenvalue weighted by molar-refractivity contribution is -0.121. The van der Waals surface area contributed by atoms with Crippen molar-refractivity contribution < 1.29 is 9.59 Å². The highest BCUT2D eigenvalue weighted by Gasteiger charge is 2.36. The number of carbonyl (C=O) groups excluding carboxylic acids is 2. The fourth-order valence-corrected chi connectivity index (χ4v) is 3.10. The van der Waals surface area contributed by atoms with Gasteiger partial charge in [-0.1, -0.05) is 50.2 Å². The average molecular weight is 322 g/mol. The van der Waals surface area contributed by atoms with Crippen LogP contribution in [0.4, 0.5) is 5.69 Å². The van der Waals surface area contributed by atoms with Crippen LogP contribution in [0.1, 0.15) is 36.2 Å². The molecule has 1 N–H and O–H groups in total. The van der Waals surface area contributed by atoms with Gasteiger partial charge in [0.25, 0.3) is 5.91 Å². The molecule has 0 fully saturated rings. The molecular weight excluding hydrogens is 300 g/mol. The summed E-state index contributed by atoms with van der Waals surface area (Å²) in [6.07, 6.45) is 0.637. The molecule has 1 aliphatic rings. The Morgan fingerprint density at radius 3 is 2.42 bits per heavy atom. The summed E-state index contributed by atoms with van der Waals surface area (Å²) in [5, 5.41) is 2.94. The third-order valence-corrected chi connectivity index (χ3v) is 4.26. The third-order valence-electron chi connectivity index (χ3n) is 4.26. The van der Waals surface area contributed by atoms with Crippen molar-refractivity contribution in [2.24, 2.45) is 5.92 Å². The first-order valence-electron chi connectivity index (χ1n) is 8.31. The molecule has 4 nitrogen and oxygen atoms in total. The van der Waals surface area contributed by atoms with Crippen LogP contribution in [0.5, 0.6) is 0 Å². The zero-order valence-electron chi connectivity index (χ0n) is 14.0. The largest absolute Gasteiger partial charge is 0.324 e. The summed E-state index contributed by atoms with van der Waals surface area (Å²) in [5.74, 6) is 0.128. The van der Waals surface area contributed by atoms with Crippen LogP contribution >= 0.6 is 0 Å². The van der Waals surface area contributed by atoms with Gasteiger partial charge in [-0.05, 0) is 36.1 Å². The normalized spacial score (nSPS) is 14.6. The molecule has 2 amide bonds. The van der Waals surface area contributed by atoms with Gasteiger partial charge in [0, 0.05) is 17.8 Å². The van der Waals surface area contributed by atoms with Gasteiger partial charge in [-0.15, -0.1) is 0 Å². The van der Waals surface area contributed by atoms with Gasteiger partial charge in [0.1, 0.15) is 6.04 Å². The van der Waals surface area contributed by atoms with E-state index >= 15 is 0 Å². The van der Waals surface area contributed by atoms with Crippen LogP contribution < -0.4 is 5.32 Å². The van der Waals surface area contributed by atoms with E-state index in [-0.39, 0.29) is 11.8 Å². The zero-order chi connectivity index (χ0) is 17.1. The first-order valence-corrected chi connectivity index (χ1v) is 8.31. The molecule has 1 aliphatic heterocycles. The quantitative estimate of drug-likeness (QED) is 0.912. The Kier molecular flexibility index (Phi) is 4.65. The number of nitrogens with one attached hydrogen (secondary N) is 1. The molecule has 0 radical (unpaired) electrons. The smallest absolute Gasteiger partial charge is 0.255 e. The fourth-order valence-electron chi connectivity index (χ4n) is 3.10. The van der Waals surface area contributed by atoms with Gasteiger partial charge in [0.2, 0.25) is 5.91 Å². The van der Waals surface area contributed by atoms with Crippen LogP contribution in [-0.2, 0) is 11.3 Å². The van der Waals surface area contributed by atoms with Gasteiger partial charge in [0.05, 0.1) is 0 Å². The molecule has 0 bridgehead atoms. The first-order chi connectivity index (χ1) is 11.6. The molecule has 2 aromatic carbocycles. The van der Waals surface area contributed by atoms with E-state index in [1.165, 1.54) is 0 Å². The molecular formula is C20H22N2O2. The number of hydrogen-bond donors (Lipinski definition) is 1. The van der Waals surface area contributed by atoms with Gasteiger partial charge >= 0.3 is 0 Å². The van der Waals surface area contributed by atoms with Crippen LogP contribution in [0.15, 0.2) is 54.6 Å². The summed E-state index contributed by atoms with van der Waals surface area (Å²) in [7, 11) is 0. The van der Waals surface area contributed by atoms with E-state index in [0.717, 1.165) is 11.3 Å². The molecule has 3 rings (SSSR count). The van der Waals surface area contributed by atoms with E-state index in [2.05, 4.69) is 19.2 Å². The maximum atomic E-state index is 12.8. The number of rotatable bonds is 5. The molecule has 0 spiro atoms. The van der Waals surface area contributed by atoms with E-state index in [1.807, 2.05) is 54.6 Å². The van der Waals surface area contributed by atoms with E-state index in [1.54, 1.807) is 4.90 Å². The minimum absolute atomic E-state index is 0.0561. The number of nitrogens with zero attached hydrogens (tertiary/aromatic N) is 1. The molecule has 1 atom stereocenters. The second kappa shape index (κ2) is 6.87. The minimum Gasteiger partial charge on any atom is -0.324 e. The SMILES string of the molecule is CC(C)CC(C(=O)Nc1ccccc1)N1Cc2ccccc2C1=O. The van der Waals surface area contributed by atoms with Crippen molar-refractivity contribution in [2.45, 2.75) is 32.9 Å². The molecule has 0 saturated heterocycles. The van der Waals surface area contributed by atoms with E-state index in [4.69, 9.17) is 0 Å². The lowest BCUT2D eigenvalue weighted by Gasteiger charge is -2.28. The Balaban J connectivity index is 1.82. The molecule has 4 heteroatoms. The molecule has 0 aliphatic carbocycles. The Hall–Kier alpha value is -2.62. The molecule has 0 aromatic heterocycles. The summed E-state index contributed by atoms with van der Waals surface area (Å²) in [5.41, 5.74) is 2.45. The van der Waals surface area contributed by atoms with Crippen LogP contribution in [0, 0.1) is 5.92 Å². The first kappa shape index (κ1) is 16.2. The number of amides is 2. The average Bonchev–Trinajstić information content (AvgIpc) is 2.90. The van der Waals surface area contributed by atoms with Crippen molar-refractivity contribution in [1.29, 1.82) is 0 Å². The highest BCUT2D eigenvalue weighted by Crippen LogP contribution is 2.27. The fraction of sp³-hybridized carbons (Fsp3) is 0.300. The van der Waals surface area contributed by atoms with Crippen molar-refractivity contribution >= 4 is 17.5 Å². The lowest BCUT2D eigenvalue weighted by Crippen LogP contribution is -2.45. The Bertz CT molecular complexity index is 740. The zero-order valence-corrected chi connectivity index (χ0v) is 14.0. The molecule has 2 aromatic rings. The topological polar surface area (TPSA) is 49.4 Å². The van der Waals surface area contributed by atoms with Gasteiger partial charge in [-0.2, -0.15) is 0 Å². The van der Waals surface area contributed by atoms with Crippen LogP contribution in [0.2, 0.25) is 0 Å². The maximum absolute atomic E-state index is 12.8. The summed E-state index contributed by atoms with van der Waals surface area (Å²) in [6.45, 7) is 4.63. The second-order valence-electron chi connectivity index (χ2n) is 6.59. The number of benzene rings is 2. The molecule has 1 heterocycles. The predicted molar refractivity (Wildman–Crippen MR) is 94.6 cm³/mol. The minimum atomic E-state index is -0.467. The highest BCUT2D eigenvalue weighted by atomic mass is 16.2. The summed E-state index contributed by atoms with van der Waals surface area (Å²) in [4.78, 5) is 27.2. The number of para-hydroxylation sites is 1. The van der Waals surface area contributed by atoms with E-state index < -0.39 is 6.04 Å². The van der Waals surface area contributed by atoms with Crippen LogP contribution in [-0.4, -0.2) is 22.8 Å². The van der Waals surface area contributed by atoms with E-state index in [0.29, 0.717) is 24.4 Å².